The maximum atomic E-state index is 12.0. The first kappa shape index (κ1) is 15.8. The number of likely N-dealkylation sites (N-methyl/N-ethyl adjacent to an activating group) is 1. The number of ether oxygens (including phenoxy) is 1. The van der Waals surface area contributed by atoms with Gasteiger partial charge in [0, 0.05) is 25.0 Å². The van der Waals surface area contributed by atoms with Gasteiger partial charge in [-0.3, -0.25) is 4.79 Å². The molecule has 6 heteroatoms. The van der Waals surface area contributed by atoms with Crippen molar-refractivity contribution in [1.29, 1.82) is 0 Å². The van der Waals surface area contributed by atoms with Crippen LogP contribution in [-0.4, -0.2) is 43.5 Å². The summed E-state index contributed by atoms with van der Waals surface area (Å²) in [6.45, 7) is 4.26. The number of carbonyl (C=O) groups is 2. The molecule has 1 aromatic rings. The van der Waals surface area contributed by atoms with Crippen LogP contribution in [0.1, 0.15) is 24.2 Å². The summed E-state index contributed by atoms with van der Waals surface area (Å²) >= 11 is 0. The number of rotatable bonds is 5. The SMILES string of the molecule is CCN(C)C(=O)C(C)Nc1ccc(N)cc1C(=O)OC. The van der Waals surface area contributed by atoms with Crippen LogP contribution < -0.4 is 11.1 Å². The quantitative estimate of drug-likeness (QED) is 0.627. The Bertz CT molecular complexity index is 502. The van der Waals surface area contributed by atoms with E-state index in [0.29, 0.717) is 23.5 Å². The van der Waals surface area contributed by atoms with Crippen molar-refractivity contribution in [2.24, 2.45) is 0 Å². The second-order valence-electron chi connectivity index (χ2n) is 4.52. The highest BCUT2D eigenvalue weighted by atomic mass is 16.5. The zero-order valence-electron chi connectivity index (χ0n) is 12.3. The van der Waals surface area contributed by atoms with Gasteiger partial charge in [0.2, 0.25) is 5.91 Å². The predicted molar refractivity (Wildman–Crippen MR) is 78.6 cm³/mol. The van der Waals surface area contributed by atoms with Gasteiger partial charge in [-0.15, -0.1) is 0 Å². The molecule has 0 heterocycles. The minimum atomic E-state index is -0.497. The second kappa shape index (κ2) is 6.79. The Balaban J connectivity index is 2.97. The fourth-order valence-electron chi connectivity index (χ4n) is 1.75. The van der Waals surface area contributed by atoms with Gasteiger partial charge in [0.1, 0.15) is 6.04 Å². The molecule has 0 aromatic heterocycles. The van der Waals surface area contributed by atoms with Crippen LogP contribution in [0.4, 0.5) is 11.4 Å². The van der Waals surface area contributed by atoms with Crippen LogP contribution in [-0.2, 0) is 9.53 Å². The Morgan fingerprint density at radius 3 is 2.65 bits per heavy atom. The molecule has 6 nitrogen and oxygen atoms in total. The lowest BCUT2D eigenvalue weighted by molar-refractivity contribution is -0.130. The summed E-state index contributed by atoms with van der Waals surface area (Å²) in [4.78, 5) is 25.3. The number of nitrogens with one attached hydrogen (secondary N) is 1. The fraction of sp³-hybridized carbons (Fsp3) is 0.429. The lowest BCUT2D eigenvalue weighted by Crippen LogP contribution is -2.39. The van der Waals surface area contributed by atoms with Gasteiger partial charge in [-0.25, -0.2) is 4.79 Å². The zero-order chi connectivity index (χ0) is 15.3. The Morgan fingerprint density at radius 2 is 2.10 bits per heavy atom. The molecule has 110 valence electrons. The molecular weight excluding hydrogens is 258 g/mol. The number of hydrogen-bond acceptors (Lipinski definition) is 5. The molecule has 0 spiro atoms. The van der Waals surface area contributed by atoms with E-state index in [1.807, 2.05) is 6.92 Å². The molecule has 0 bridgehead atoms. The number of nitrogen functional groups attached to an aromatic ring is 1. The molecule has 0 aliphatic carbocycles. The topological polar surface area (TPSA) is 84.7 Å². The van der Waals surface area contributed by atoms with Crippen LogP contribution in [0, 0.1) is 0 Å². The van der Waals surface area contributed by atoms with Crippen LogP contribution in [0.5, 0.6) is 0 Å². The first-order chi connectivity index (χ1) is 9.40. The number of hydrogen-bond donors (Lipinski definition) is 2. The van der Waals surface area contributed by atoms with Gasteiger partial charge in [0.05, 0.1) is 12.7 Å². The monoisotopic (exact) mass is 279 g/mol. The van der Waals surface area contributed by atoms with Crippen molar-refractivity contribution in [3.05, 3.63) is 23.8 Å². The first-order valence-corrected chi connectivity index (χ1v) is 6.40. The lowest BCUT2D eigenvalue weighted by Gasteiger charge is -2.22. The van der Waals surface area contributed by atoms with E-state index >= 15 is 0 Å². The summed E-state index contributed by atoms with van der Waals surface area (Å²) in [5.41, 5.74) is 6.96. The third kappa shape index (κ3) is 3.63. The summed E-state index contributed by atoms with van der Waals surface area (Å²) in [5.74, 6) is -0.552. The van der Waals surface area contributed by atoms with Gasteiger partial charge in [0.25, 0.3) is 0 Å². The van der Waals surface area contributed by atoms with Crippen LogP contribution in [0.15, 0.2) is 18.2 Å². The molecule has 1 unspecified atom stereocenters. The Labute approximate surface area is 118 Å². The molecule has 1 aromatic carbocycles. The fourth-order valence-corrected chi connectivity index (χ4v) is 1.75. The molecule has 1 amide bonds. The standard InChI is InChI=1S/C14H21N3O3/c1-5-17(3)13(18)9(2)16-12-7-6-10(15)8-11(12)14(19)20-4/h6-9,16H,5,15H2,1-4H3. The number of benzene rings is 1. The van der Waals surface area contributed by atoms with Gasteiger partial charge in [-0.2, -0.15) is 0 Å². The van der Waals surface area contributed by atoms with Crippen LogP contribution in [0.2, 0.25) is 0 Å². The first-order valence-electron chi connectivity index (χ1n) is 6.40. The third-order valence-corrected chi connectivity index (χ3v) is 3.04. The molecule has 0 saturated heterocycles. The van der Waals surface area contributed by atoms with Gasteiger partial charge >= 0.3 is 5.97 Å². The van der Waals surface area contributed by atoms with Crippen molar-refractivity contribution >= 4 is 23.3 Å². The highest BCUT2D eigenvalue weighted by Crippen LogP contribution is 2.21. The average molecular weight is 279 g/mol. The summed E-state index contributed by atoms with van der Waals surface area (Å²) in [6, 6.07) is 4.40. The van der Waals surface area contributed by atoms with Crippen LogP contribution >= 0.6 is 0 Å². The van der Waals surface area contributed by atoms with Crippen molar-refractivity contribution in [3.8, 4) is 0 Å². The molecule has 1 atom stereocenters. The van der Waals surface area contributed by atoms with E-state index in [-0.39, 0.29) is 5.91 Å². The van der Waals surface area contributed by atoms with Crippen molar-refractivity contribution < 1.29 is 14.3 Å². The summed E-state index contributed by atoms with van der Waals surface area (Å²) in [6.07, 6.45) is 0. The Hall–Kier alpha value is -2.24. The number of methoxy groups -OCH3 is 1. The minimum absolute atomic E-state index is 0.0554. The maximum absolute atomic E-state index is 12.0. The number of nitrogens with two attached hydrogens (primary N) is 1. The van der Waals surface area contributed by atoms with E-state index in [1.54, 1.807) is 31.0 Å². The second-order valence-corrected chi connectivity index (χ2v) is 4.52. The highest BCUT2D eigenvalue weighted by molar-refractivity contribution is 5.97. The van der Waals surface area contributed by atoms with Crippen LogP contribution in [0.3, 0.4) is 0 Å². The predicted octanol–water partition coefficient (Wildman–Crippen LogP) is 1.33. The normalized spacial score (nSPS) is 11.6. The number of carbonyl (C=O) groups excluding carboxylic acids is 2. The van der Waals surface area contributed by atoms with E-state index in [1.165, 1.54) is 13.2 Å². The molecule has 0 aliphatic rings. The molecule has 1 rings (SSSR count). The van der Waals surface area contributed by atoms with Crippen molar-refractivity contribution in [1.82, 2.24) is 4.90 Å². The lowest BCUT2D eigenvalue weighted by atomic mass is 10.1. The van der Waals surface area contributed by atoms with E-state index in [2.05, 4.69) is 5.32 Å². The number of anilines is 2. The maximum Gasteiger partial charge on any atom is 0.340 e. The van der Waals surface area contributed by atoms with E-state index in [0.717, 1.165) is 0 Å². The van der Waals surface area contributed by atoms with Gasteiger partial charge in [-0.1, -0.05) is 0 Å². The van der Waals surface area contributed by atoms with Gasteiger partial charge in [-0.05, 0) is 32.0 Å². The van der Waals surface area contributed by atoms with E-state index in [9.17, 15) is 9.59 Å². The minimum Gasteiger partial charge on any atom is -0.465 e. The van der Waals surface area contributed by atoms with Gasteiger partial charge < -0.3 is 20.7 Å². The van der Waals surface area contributed by atoms with E-state index < -0.39 is 12.0 Å². The molecule has 0 saturated carbocycles. The molecule has 3 N–H and O–H groups in total. The summed E-state index contributed by atoms with van der Waals surface area (Å²) in [7, 11) is 3.03. The number of amides is 1. The highest BCUT2D eigenvalue weighted by Gasteiger charge is 2.19. The van der Waals surface area contributed by atoms with Crippen molar-refractivity contribution in [2.75, 3.05) is 31.8 Å². The molecule has 0 fully saturated rings. The smallest absolute Gasteiger partial charge is 0.340 e. The largest absolute Gasteiger partial charge is 0.465 e. The Morgan fingerprint density at radius 1 is 1.45 bits per heavy atom. The van der Waals surface area contributed by atoms with Crippen molar-refractivity contribution in [2.45, 2.75) is 19.9 Å². The summed E-state index contributed by atoms with van der Waals surface area (Å²) < 4.78 is 4.71. The zero-order valence-corrected chi connectivity index (χ0v) is 12.3. The van der Waals surface area contributed by atoms with Crippen molar-refractivity contribution in [3.63, 3.8) is 0 Å². The van der Waals surface area contributed by atoms with E-state index in [4.69, 9.17) is 10.5 Å². The number of esters is 1. The third-order valence-electron chi connectivity index (χ3n) is 3.04. The van der Waals surface area contributed by atoms with Gasteiger partial charge in [0.15, 0.2) is 0 Å². The van der Waals surface area contributed by atoms with Crippen LogP contribution in [0.25, 0.3) is 0 Å². The molecule has 0 aliphatic heterocycles. The summed E-state index contributed by atoms with van der Waals surface area (Å²) in [5, 5.41) is 3.02. The number of nitrogens with zero attached hydrogens (tertiary/aromatic N) is 1. The average Bonchev–Trinajstić information content (AvgIpc) is 2.46. The molecular formula is C14H21N3O3. The molecule has 0 radical (unpaired) electrons. The molecule has 20 heavy (non-hydrogen) atoms. The Kier molecular flexibility index (Phi) is 5.37.